The molecule has 1 rings (SSSR count). The molecule has 120 valence electrons. The van der Waals surface area contributed by atoms with E-state index >= 15 is 0 Å². The quantitative estimate of drug-likeness (QED) is 0.723. The van der Waals surface area contributed by atoms with Crippen molar-refractivity contribution in [3.8, 4) is 0 Å². The third kappa shape index (κ3) is 5.33. The normalized spacial score (nSPS) is 12.1. The first kappa shape index (κ1) is 18.0. The second-order valence-electron chi connectivity index (χ2n) is 5.35. The van der Waals surface area contributed by atoms with Gasteiger partial charge in [0, 0.05) is 13.1 Å². The molecule has 0 heterocycles. The van der Waals surface area contributed by atoms with Crippen LogP contribution in [0, 0.1) is 17.6 Å². The second-order valence-corrected chi connectivity index (χ2v) is 7.09. The summed E-state index contributed by atoms with van der Waals surface area (Å²) < 4.78 is 53.7. The zero-order valence-corrected chi connectivity index (χ0v) is 13.4. The van der Waals surface area contributed by atoms with E-state index in [-0.39, 0.29) is 13.1 Å². The fraction of sp³-hybridized carbons (Fsp3) is 0.571. The van der Waals surface area contributed by atoms with Crippen LogP contribution in [0.5, 0.6) is 0 Å². The number of benzene rings is 1. The number of rotatable bonds is 8. The van der Waals surface area contributed by atoms with Crippen molar-refractivity contribution in [2.45, 2.75) is 38.1 Å². The molecule has 1 aromatic carbocycles. The van der Waals surface area contributed by atoms with E-state index in [2.05, 4.69) is 10.0 Å². The van der Waals surface area contributed by atoms with Crippen molar-refractivity contribution in [3.63, 3.8) is 0 Å². The van der Waals surface area contributed by atoms with Crippen molar-refractivity contribution in [2.75, 3.05) is 13.6 Å². The highest BCUT2D eigenvalue weighted by Crippen LogP contribution is 2.20. The largest absolute Gasteiger partial charge is 0.316 e. The average Bonchev–Trinajstić information content (AvgIpc) is 2.38. The third-order valence-corrected chi connectivity index (χ3v) is 4.44. The van der Waals surface area contributed by atoms with Crippen molar-refractivity contribution in [3.05, 3.63) is 29.3 Å². The summed E-state index contributed by atoms with van der Waals surface area (Å²) in [4.78, 5) is -0.641. The summed E-state index contributed by atoms with van der Waals surface area (Å²) in [5, 5.41) is 2.77. The lowest BCUT2D eigenvalue weighted by Gasteiger charge is -2.11. The standard InChI is InChI=1S/C14H22F2N2O2S/c1-10(2)5-4-6-18-21(19,20)13-8-11(9-17-3)7-12(15)14(13)16/h7-8,10,17-18H,4-6,9H2,1-3H3. The Balaban J connectivity index is 2.91. The molecule has 0 aliphatic rings. The van der Waals surface area contributed by atoms with Crippen LogP contribution in [0.15, 0.2) is 17.0 Å². The maximum atomic E-state index is 13.7. The number of hydrogen-bond donors (Lipinski definition) is 2. The maximum absolute atomic E-state index is 13.7. The fourth-order valence-corrected chi connectivity index (χ4v) is 3.12. The highest BCUT2D eigenvalue weighted by atomic mass is 32.2. The van der Waals surface area contributed by atoms with Crippen LogP contribution >= 0.6 is 0 Å². The molecule has 0 atom stereocenters. The Kier molecular flexibility index (Phi) is 6.70. The molecular weight excluding hydrogens is 298 g/mol. The Labute approximate surface area is 125 Å². The van der Waals surface area contributed by atoms with Crippen LogP contribution in [0.3, 0.4) is 0 Å². The van der Waals surface area contributed by atoms with Gasteiger partial charge in [0.1, 0.15) is 4.90 Å². The molecule has 4 nitrogen and oxygen atoms in total. The van der Waals surface area contributed by atoms with E-state index in [1.807, 2.05) is 13.8 Å². The summed E-state index contributed by atoms with van der Waals surface area (Å²) in [5.74, 6) is -2.04. The van der Waals surface area contributed by atoms with Gasteiger partial charge in [-0.2, -0.15) is 0 Å². The first-order valence-corrected chi connectivity index (χ1v) is 8.38. The molecule has 0 aliphatic heterocycles. The first-order chi connectivity index (χ1) is 9.77. The van der Waals surface area contributed by atoms with E-state index in [9.17, 15) is 17.2 Å². The Morgan fingerprint density at radius 1 is 1.24 bits per heavy atom. The van der Waals surface area contributed by atoms with Crippen LogP contribution in [0.2, 0.25) is 0 Å². The molecule has 21 heavy (non-hydrogen) atoms. The summed E-state index contributed by atoms with van der Waals surface area (Å²) in [6, 6.07) is 2.14. The van der Waals surface area contributed by atoms with E-state index in [0.717, 1.165) is 18.6 Å². The van der Waals surface area contributed by atoms with Crippen molar-refractivity contribution in [2.24, 2.45) is 5.92 Å². The number of sulfonamides is 1. The highest BCUT2D eigenvalue weighted by molar-refractivity contribution is 7.89. The molecule has 0 spiro atoms. The molecule has 0 unspecified atom stereocenters. The van der Waals surface area contributed by atoms with Crippen LogP contribution in [0.25, 0.3) is 0 Å². The molecule has 0 fully saturated rings. The number of halogens is 2. The van der Waals surface area contributed by atoms with Gasteiger partial charge in [-0.15, -0.1) is 0 Å². The Bertz CT molecular complexity index is 575. The minimum Gasteiger partial charge on any atom is -0.316 e. The van der Waals surface area contributed by atoms with Gasteiger partial charge in [-0.05, 0) is 43.5 Å². The lowest BCUT2D eigenvalue weighted by atomic mass is 10.1. The highest BCUT2D eigenvalue weighted by Gasteiger charge is 2.22. The van der Waals surface area contributed by atoms with E-state index < -0.39 is 26.6 Å². The van der Waals surface area contributed by atoms with Crippen LogP contribution in [0.1, 0.15) is 32.3 Å². The van der Waals surface area contributed by atoms with Gasteiger partial charge in [0.05, 0.1) is 0 Å². The Morgan fingerprint density at radius 3 is 2.48 bits per heavy atom. The van der Waals surface area contributed by atoms with Gasteiger partial charge in [-0.3, -0.25) is 0 Å². The van der Waals surface area contributed by atoms with E-state index in [1.54, 1.807) is 7.05 Å². The fourth-order valence-electron chi connectivity index (χ4n) is 1.91. The number of nitrogens with one attached hydrogen (secondary N) is 2. The summed E-state index contributed by atoms with van der Waals surface area (Å²) in [7, 11) is -2.41. The molecule has 0 bridgehead atoms. The predicted octanol–water partition coefficient (Wildman–Crippen LogP) is 2.40. The molecule has 0 radical (unpaired) electrons. The monoisotopic (exact) mass is 320 g/mol. The molecule has 2 N–H and O–H groups in total. The first-order valence-electron chi connectivity index (χ1n) is 6.90. The second kappa shape index (κ2) is 7.82. The Hall–Kier alpha value is -1.05. The van der Waals surface area contributed by atoms with Gasteiger partial charge in [0.2, 0.25) is 10.0 Å². The van der Waals surface area contributed by atoms with Crippen molar-refractivity contribution in [1.29, 1.82) is 0 Å². The summed E-state index contributed by atoms with van der Waals surface area (Å²) in [6.07, 6.45) is 1.51. The lowest BCUT2D eigenvalue weighted by molar-refractivity contribution is 0.479. The predicted molar refractivity (Wildman–Crippen MR) is 78.4 cm³/mol. The molecular formula is C14H22F2N2O2S. The van der Waals surface area contributed by atoms with Gasteiger partial charge in [-0.25, -0.2) is 21.9 Å². The zero-order chi connectivity index (χ0) is 16.0. The van der Waals surface area contributed by atoms with E-state index in [0.29, 0.717) is 17.9 Å². The SMILES string of the molecule is CNCc1cc(F)c(F)c(S(=O)(=O)NCCCC(C)C)c1. The molecule has 0 aliphatic carbocycles. The zero-order valence-electron chi connectivity index (χ0n) is 12.5. The van der Waals surface area contributed by atoms with Gasteiger partial charge < -0.3 is 5.32 Å². The third-order valence-electron chi connectivity index (χ3n) is 2.98. The smallest absolute Gasteiger partial charge is 0.243 e. The molecule has 0 saturated carbocycles. The van der Waals surface area contributed by atoms with Gasteiger partial charge >= 0.3 is 0 Å². The molecule has 0 saturated heterocycles. The van der Waals surface area contributed by atoms with Crippen molar-refractivity contribution >= 4 is 10.0 Å². The van der Waals surface area contributed by atoms with Gasteiger partial charge in [0.15, 0.2) is 11.6 Å². The maximum Gasteiger partial charge on any atom is 0.243 e. The summed E-state index contributed by atoms with van der Waals surface area (Å²) in [6.45, 7) is 4.53. The van der Waals surface area contributed by atoms with Gasteiger partial charge in [-0.1, -0.05) is 13.8 Å². The number of hydrogen-bond acceptors (Lipinski definition) is 3. The summed E-state index contributed by atoms with van der Waals surface area (Å²) >= 11 is 0. The molecule has 7 heteroatoms. The minimum absolute atomic E-state index is 0.206. The van der Waals surface area contributed by atoms with Crippen molar-refractivity contribution < 1.29 is 17.2 Å². The average molecular weight is 320 g/mol. The Morgan fingerprint density at radius 2 is 1.90 bits per heavy atom. The van der Waals surface area contributed by atoms with Crippen LogP contribution in [-0.4, -0.2) is 22.0 Å². The van der Waals surface area contributed by atoms with Crippen molar-refractivity contribution in [1.82, 2.24) is 10.0 Å². The van der Waals surface area contributed by atoms with Crippen LogP contribution in [-0.2, 0) is 16.6 Å². The summed E-state index contributed by atoms with van der Waals surface area (Å²) in [5.41, 5.74) is 0.374. The van der Waals surface area contributed by atoms with E-state index in [1.165, 1.54) is 0 Å². The molecule has 0 amide bonds. The van der Waals surface area contributed by atoms with Crippen LogP contribution < -0.4 is 10.0 Å². The van der Waals surface area contributed by atoms with E-state index in [4.69, 9.17) is 0 Å². The lowest BCUT2D eigenvalue weighted by Crippen LogP contribution is -2.26. The molecule has 1 aromatic rings. The van der Waals surface area contributed by atoms with Gasteiger partial charge in [0.25, 0.3) is 0 Å². The minimum atomic E-state index is -4.04. The topological polar surface area (TPSA) is 58.2 Å². The molecule has 0 aromatic heterocycles. The van der Waals surface area contributed by atoms with Crippen LogP contribution in [0.4, 0.5) is 8.78 Å².